The summed E-state index contributed by atoms with van der Waals surface area (Å²) in [5.41, 5.74) is 2.17. The lowest BCUT2D eigenvalue weighted by molar-refractivity contribution is -0.122. The van der Waals surface area contributed by atoms with Crippen molar-refractivity contribution in [3.05, 3.63) is 74.8 Å². The minimum absolute atomic E-state index is 0.167. The van der Waals surface area contributed by atoms with Gasteiger partial charge in [-0.1, -0.05) is 61.9 Å². The Hall–Kier alpha value is -3.24. The van der Waals surface area contributed by atoms with E-state index in [0.29, 0.717) is 64.7 Å². The Balaban J connectivity index is 1.50. The molecule has 0 unspecified atom stereocenters. The van der Waals surface area contributed by atoms with Gasteiger partial charge < -0.3 is 9.80 Å². The van der Waals surface area contributed by atoms with Gasteiger partial charge in [0.25, 0.3) is 11.5 Å². The van der Waals surface area contributed by atoms with Gasteiger partial charge in [-0.25, -0.2) is 9.37 Å². The Labute approximate surface area is 230 Å². The van der Waals surface area contributed by atoms with E-state index in [-0.39, 0.29) is 17.3 Å². The molecule has 0 saturated carbocycles. The van der Waals surface area contributed by atoms with Gasteiger partial charge in [-0.05, 0) is 43.2 Å². The molecule has 3 aromatic rings. The minimum atomic E-state index is -0.250. The molecule has 2 aromatic heterocycles. The predicted octanol–water partition coefficient (Wildman–Crippen LogP) is 4.86. The third kappa shape index (κ3) is 5.19. The smallest absolute Gasteiger partial charge is 0.267 e. The molecule has 38 heavy (non-hydrogen) atoms. The number of piperazine rings is 1. The molecule has 1 aromatic carbocycles. The topological polar surface area (TPSA) is 61.2 Å². The van der Waals surface area contributed by atoms with E-state index in [4.69, 9.17) is 17.2 Å². The molecule has 7 nitrogen and oxygen atoms in total. The highest BCUT2D eigenvalue weighted by atomic mass is 32.2. The third-order valence-corrected chi connectivity index (χ3v) is 8.27. The quantitative estimate of drug-likeness (QED) is 0.236. The Morgan fingerprint density at radius 3 is 2.53 bits per heavy atom. The van der Waals surface area contributed by atoms with Crippen LogP contribution in [0, 0.1) is 12.7 Å². The van der Waals surface area contributed by atoms with Gasteiger partial charge in [-0.15, -0.1) is 0 Å². The molecule has 1 amide bonds. The number of benzene rings is 1. The van der Waals surface area contributed by atoms with Crippen molar-refractivity contribution in [1.29, 1.82) is 0 Å². The van der Waals surface area contributed by atoms with Crippen molar-refractivity contribution in [2.45, 2.75) is 33.1 Å². The predicted molar refractivity (Wildman–Crippen MR) is 156 cm³/mol. The number of nitrogens with zero attached hydrogens (tertiary/aromatic N) is 5. The highest BCUT2D eigenvalue weighted by Gasteiger charge is 2.33. The van der Waals surface area contributed by atoms with Gasteiger partial charge in [0.2, 0.25) is 0 Å². The van der Waals surface area contributed by atoms with Gasteiger partial charge >= 0.3 is 0 Å². The fraction of sp³-hybridized carbons (Fsp3) is 0.357. The first-order valence-corrected chi connectivity index (χ1v) is 14.1. The van der Waals surface area contributed by atoms with E-state index >= 15 is 0 Å². The molecule has 4 heterocycles. The summed E-state index contributed by atoms with van der Waals surface area (Å²) < 4.78 is 16.4. The van der Waals surface area contributed by atoms with E-state index in [9.17, 15) is 14.0 Å². The molecule has 0 spiro atoms. The van der Waals surface area contributed by atoms with Gasteiger partial charge in [0.1, 0.15) is 21.6 Å². The lowest BCUT2D eigenvalue weighted by Gasteiger charge is -2.37. The number of para-hydroxylation sites is 1. The van der Waals surface area contributed by atoms with E-state index in [0.717, 1.165) is 24.8 Å². The maximum Gasteiger partial charge on any atom is 0.267 e. The number of anilines is 2. The van der Waals surface area contributed by atoms with Gasteiger partial charge in [-0.2, -0.15) is 0 Å². The molecule has 5 rings (SSSR count). The fourth-order valence-electron chi connectivity index (χ4n) is 4.83. The molecule has 2 saturated heterocycles. The number of thiocarbonyl (C=S) groups is 1. The molecular formula is C28H30FN5O2S2. The molecule has 2 fully saturated rings. The standard InChI is InChI=1S/C28H30FN5O2S2/c1-3-4-7-12-33-27(36)23(38-28(33)37)17-20-25(30-24-11-10-19(2)18-34(24)26(20)35)32-15-13-31(14-16-32)22-9-6-5-8-21(22)29/h5-6,8-11,17-18H,3-4,7,12-16H2,1-2H3/b23-17-. The Morgan fingerprint density at radius 2 is 1.79 bits per heavy atom. The lowest BCUT2D eigenvalue weighted by atomic mass is 10.2. The summed E-state index contributed by atoms with van der Waals surface area (Å²) in [6.45, 7) is 6.88. The summed E-state index contributed by atoms with van der Waals surface area (Å²) in [6, 6.07) is 10.5. The van der Waals surface area contributed by atoms with Crippen LogP contribution in [0.15, 0.2) is 52.3 Å². The number of fused-ring (bicyclic) bond motifs is 1. The van der Waals surface area contributed by atoms with Crippen molar-refractivity contribution in [1.82, 2.24) is 14.3 Å². The molecule has 198 valence electrons. The van der Waals surface area contributed by atoms with E-state index in [1.54, 1.807) is 29.3 Å². The number of carbonyl (C=O) groups is 1. The summed E-state index contributed by atoms with van der Waals surface area (Å²) in [6.07, 6.45) is 6.37. The van der Waals surface area contributed by atoms with Crippen LogP contribution in [0.25, 0.3) is 11.7 Å². The van der Waals surface area contributed by atoms with Crippen molar-refractivity contribution >= 4 is 57.4 Å². The van der Waals surface area contributed by atoms with Crippen molar-refractivity contribution in [3.63, 3.8) is 0 Å². The average molecular weight is 552 g/mol. The van der Waals surface area contributed by atoms with Gasteiger partial charge in [0.15, 0.2) is 0 Å². The summed E-state index contributed by atoms with van der Waals surface area (Å²) in [7, 11) is 0. The zero-order valence-electron chi connectivity index (χ0n) is 21.5. The summed E-state index contributed by atoms with van der Waals surface area (Å²) in [5, 5.41) is 0. The molecular weight excluding hydrogens is 521 g/mol. The average Bonchev–Trinajstić information content (AvgIpc) is 3.18. The summed E-state index contributed by atoms with van der Waals surface area (Å²) in [5.74, 6) is 0.114. The zero-order chi connectivity index (χ0) is 26.8. The van der Waals surface area contributed by atoms with Crippen LogP contribution < -0.4 is 15.4 Å². The number of unbranched alkanes of at least 4 members (excludes halogenated alkanes) is 2. The number of halogens is 1. The number of aryl methyl sites for hydroxylation is 1. The molecule has 2 aliphatic rings. The van der Waals surface area contributed by atoms with Crippen LogP contribution in [0.4, 0.5) is 15.9 Å². The van der Waals surface area contributed by atoms with Crippen LogP contribution in [0.3, 0.4) is 0 Å². The van der Waals surface area contributed by atoms with Crippen LogP contribution in [-0.2, 0) is 4.79 Å². The molecule has 10 heteroatoms. The SMILES string of the molecule is CCCCCN1C(=O)/C(=C/c2c(N3CCN(c4ccccc4F)CC3)nc3ccc(C)cn3c2=O)SC1=S. The molecule has 0 N–H and O–H groups in total. The van der Waals surface area contributed by atoms with E-state index in [1.807, 2.05) is 34.9 Å². The third-order valence-electron chi connectivity index (χ3n) is 6.89. The highest BCUT2D eigenvalue weighted by Crippen LogP contribution is 2.34. The van der Waals surface area contributed by atoms with Crippen LogP contribution in [0.5, 0.6) is 0 Å². The van der Waals surface area contributed by atoms with Crippen molar-refractivity contribution < 1.29 is 9.18 Å². The number of carbonyl (C=O) groups excluding carboxylic acids is 1. The summed E-state index contributed by atoms with van der Waals surface area (Å²) >= 11 is 6.73. The number of hydrogen-bond acceptors (Lipinski definition) is 7. The van der Waals surface area contributed by atoms with E-state index in [1.165, 1.54) is 22.2 Å². The molecule has 0 bridgehead atoms. The second kappa shape index (κ2) is 11.2. The van der Waals surface area contributed by atoms with E-state index < -0.39 is 0 Å². The van der Waals surface area contributed by atoms with Crippen LogP contribution in [0.1, 0.15) is 37.3 Å². The number of pyridine rings is 1. The Morgan fingerprint density at radius 1 is 1.05 bits per heavy atom. The van der Waals surface area contributed by atoms with Gasteiger partial charge in [0.05, 0.1) is 16.2 Å². The van der Waals surface area contributed by atoms with Crippen molar-refractivity contribution in [3.8, 4) is 0 Å². The van der Waals surface area contributed by atoms with Gasteiger partial charge in [0, 0.05) is 38.9 Å². The maximum absolute atomic E-state index is 14.4. The zero-order valence-corrected chi connectivity index (χ0v) is 23.2. The normalized spacial score (nSPS) is 17.3. The molecule has 0 aliphatic carbocycles. The van der Waals surface area contributed by atoms with Crippen molar-refractivity contribution in [2.24, 2.45) is 0 Å². The number of amides is 1. The highest BCUT2D eigenvalue weighted by molar-refractivity contribution is 8.26. The maximum atomic E-state index is 14.4. The van der Waals surface area contributed by atoms with E-state index in [2.05, 4.69) is 6.92 Å². The molecule has 0 atom stereocenters. The largest absolute Gasteiger partial charge is 0.366 e. The van der Waals surface area contributed by atoms with Crippen molar-refractivity contribution in [2.75, 3.05) is 42.5 Å². The number of rotatable bonds is 7. The fourth-order valence-corrected chi connectivity index (χ4v) is 6.12. The lowest BCUT2D eigenvalue weighted by Crippen LogP contribution is -2.47. The molecule has 2 aliphatic heterocycles. The minimum Gasteiger partial charge on any atom is -0.366 e. The second-order valence-corrected chi connectivity index (χ2v) is 11.2. The number of aromatic nitrogens is 2. The van der Waals surface area contributed by atoms with Crippen LogP contribution >= 0.6 is 24.0 Å². The number of thioether (sulfide) groups is 1. The first kappa shape index (κ1) is 26.4. The molecule has 0 radical (unpaired) electrons. The summed E-state index contributed by atoms with van der Waals surface area (Å²) in [4.78, 5) is 38.0. The van der Waals surface area contributed by atoms with Gasteiger partial charge in [-0.3, -0.25) is 18.9 Å². The van der Waals surface area contributed by atoms with Crippen LogP contribution in [0.2, 0.25) is 0 Å². The first-order valence-electron chi connectivity index (χ1n) is 12.9. The first-order chi connectivity index (χ1) is 18.4. The second-order valence-electron chi connectivity index (χ2n) is 9.55. The Kier molecular flexibility index (Phi) is 7.80. The van der Waals surface area contributed by atoms with Crippen LogP contribution in [-0.4, -0.2) is 57.2 Å². The Bertz CT molecular complexity index is 1480. The number of hydrogen-bond donors (Lipinski definition) is 0. The monoisotopic (exact) mass is 551 g/mol.